The average molecular weight is 424 g/mol. The normalized spacial score (nSPS) is 14.2. The first-order valence-corrected chi connectivity index (χ1v) is 11.3. The van der Waals surface area contributed by atoms with Gasteiger partial charge < -0.3 is 19.8 Å². The van der Waals surface area contributed by atoms with E-state index in [0.717, 1.165) is 22.3 Å². The number of aliphatic hydroxyl groups excluding tert-OH is 1. The van der Waals surface area contributed by atoms with Crippen molar-refractivity contribution >= 4 is 13.3 Å². The lowest BCUT2D eigenvalue weighted by Gasteiger charge is -2.18. The van der Waals surface area contributed by atoms with E-state index in [1.54, 1.807) is 12.1 Å². The summed E-state index contributed by atoms with van der Waals surface area (Å²) < 4.78 is 31.4. The van der Waals surface area contributed by atoms with Gasteiger partial charge in [-0.1, -0.05) is 18.2 Å². The molecule has 0 aliphatic carbocycles. The molecule has 6 nitrogen and oxygen atoms in total. The number of aliphatic carboxylic acids is 1. The number of carboxylic acid groups (broad SMARTS) is 1. The third-order valence-corrected chi connectivity index (χ3v) is 6.42. The molecule has 1 unspecified atom stereocenters. The second-order valence-electron chi connectivity index (χ2n) is 7.23. The molecule has 0 fully saturated rings. The lowest BCUT2D eigenvalue weighted by atomic mass is 10.0. The van der Waals surface area contributed by atoms with E-state index >= 15 is 0 Å². The van der Waals surface area contributed by atoms with Crippen LogP contribution in [0.4, 0.5) is 4.39 Å². The Bertz CT molecular complexity index is 897. The van der Waals surface area contributed by atoms with E-state index in [0.29, 0.717) is 5.75 Å². The van der Waals surface area contributed by atoms with Crippen molar-refractivity contribution in [1.29, 1.82) is 0 Å². The number of rotatable bonds is 10. The summed E-state index contributed by atoms with van der Waals surface area (Å²) in [5, 5.41) is 18.4. The van der Waals surface area contributed by atoms with Crippen molar-refractivity contribution in [2.24, 2.45) is 0 Å². The number of aryl methyl sites for hydroxylation is 2. The molecular weight excluding hydrogens is 398 g/mol. The number of carbonyl (C=O) groups is 1. The van der Waals surface area contributed by atoms with Crippen LogP contribution in [0.5, 0.6) is 5.75 Å². The maximum Gasteiger partial charge on any atom is 0.305 e. The molecule has 0 spiro atoms. The van der Waals surface area contributed by atoms with Gasteiger partial charge in [0.05, 0.1) is 18.7 Å². The maximum absolute atomic E-state index is 13.1. The van der Waals surface area contributed by atoms with Crippen molar-refractivity contribution in [3.63, 3.8) is 0 Å². The maximum atomic E-state index is 13.1. The summed E-state index contributed by atoms with van der Waals surface area (Å²) in [6.07, 6.45) is -2.24. The number of halogens is 1. The first-order chi connectivity index (χ1) is 13.6. The van der Waals surface area contributed by atoms with E-state index in [4.69, 9.17) is 9.84 Å². The summed E-state index contributed by atoms with van der Waals surface area (Å²) >= 11 is 0. The van der Waals surface area contributed by atoms with Gasteiger partial charge in [0.1, 0.15) is 18.2 Å². The molecule has 2 atom stereocenters. The molecule has 0 saturated carbocycles. The summed E-state index contributed by atoms with van der Waals surface area (Å²) in [6, 6.07) is 9.75. The van der Waals surface area contributed by atoms with Crippen LogP contribution < -0.4 is 4.74 Å². The number of carboxylic acids is 1. The Kier molecular flexibility index (Phi) is 7.96. The van der Waals surface area contributed by atoms with Gasteiger partial charge in [-0.25, -0.2) is 4.39 Å². The minimum atomic E-state index is -3.71. The molecule has 0 aromatic heterocycles. The number of aliphatic hydroxyl groups is 1. The number of benzene rings is 2. The fourth-order valence-electron chi connectivity index (χ4n) is 3.12. The third-order valence-electron chi connectivity index (χ3n) is 4.50. The van der Waals surface area contributed by atoms with Crippen LogP contribution in [0, 0.1) is 19.7 Å². The standard InChI is InChI=1S/C21H26FO6P/c1-14-9-15(2)19(7-8-29(26,27)13-18(23)11-21(24)25)20(10-14)28-12-16-3-5-17(22)6-4-16/h3-6,9-10,18,23H,7-8,11-13H2,1-2H3,(H,24,25)(H,26,27)/t18-/m0/s1. The minimum Gasteiger partial charge on any atom is -0.489 e. The van der Waals surface area contributed by atoms with Gasteiger partial charge >= 0.3 is 5.97 Å². The quantitative estimate of drug-likeness (QED) is 0.503. The van der Waals surface area contributed by atoms with Gasteiger partial charge in [0, 0.05) is 6.16 Å². The zero-order valence-corrected chi connectivity index (χ0v) is 17.4. The van der Waals surface area contributed by atoms with Gasteiger partial charge in [-0.2, -0.15) is 0 Å². The largest absolute Gasteiger partial charge is 0.489 e. The van der Waals surface area contributed by atoms with Crippen LogP contribution in [0.25, 0.3) is 0 Å². The Morgan fingerprint density at radius 3 is 2.48 bits per heavy atom. The van der Waals surface area contributed by atoms with E-state index in [-0.39, 0.29) is 25.0 Å². The summed E-state index contributed by atoms with van der Waals surface area (Å²) in [5.74, 6) is -0.967. The lowest BCUT2D eigenvalue weighted by molar-refractivity contribution is -0.138. The van der Waals surface area contributed by atoms with Gasteiger partial charge in [-0.05, 0) is 60.7 Å². The van der Waals surface area contributed by atoms with Gasteiger partial charge in [-0.3, -0.25) is 9.36 Å². The van der Waals surface area contributed by atoms with Gasteiger partial charge in [0.25, 0.3) is 0 Å². The highest BCUT2D eigenvalue weighted by molar-refractivity contribution is 7.58. The predicted molar refractivity (Wildman–Crippen MR) is 108 cm³/mol. The summed E-state index contributed by atoms with van der Waals surface area (Å²) in [6.45, 7) is 4.03. The van der Waals surface area contributed by atoms with Crippen LogP contribution in [0.1, 0.15) is 28.7 Å². The number of hydrogen-bond acceptors (Lipinski definition) is 4. The van der Waals surface area contributed by atoms with Crippen LogP contribution in [0.3, 0.4) is 0 Å². The van der Waals surface area contributed by atoms with Crippen LogP contribution in [0.2, 0.25) is 0 Å². The van der Waals surface area contributed by atoms with E-state index in [2.05, 4.69) is 0 Å². The van der Waals surface area contributed by atoms with Crippen molar-refractivity contribution in [3.05, 3.63) is 64.5 Å². The molecule has 0 aliphatic rings. The molecule has 29 heavy (non-hydrogen) atoms. The Morgan fingerprint density at radius 1 is 1.21 bits per heavy atom. The van der Waals surface area contributed by atoms with Crippen molar-refractivity contribution in [2.45, 2.75) is 39.4 Å². The molecule has 0 heterocycles. The highest BCUT2D eigenvalue weighted by Crippen LogP contribution is 2.43. The Morgan fingerprint density at radius 2 is 1.86 bits per heavy atom. The molecule has 0 saturated heterocycles. The van der Waals surface area contributed by atoms with Crippen LogP contribution in [-0.4, -0.2) is 39.5 Å². The van der Waals surface area contributed by atoms with Crippen molar-refractivity contribution < 1.29 is 33.6 Å². The SMILES string of the molecule is Cc1cc(C)c(CCP(=O)(O)C[C@@H](O)CC(=O)O)c(OCc2ccc(F)cc2)c1. The van der Waals surface area contributed by atoms with E-state index in [1.807, 2.05) is 26.0 Å². The molecule has 0 amide bonds. The van der Waals surface area contributed by atoms with E-state index in [9.17, 15) is 23.7 Å². The molecule has 0 radical (unpaired) electrons. The smallest absolute Gasteiger partial charge is 0.305 e. The second kappa shape index (κ2) is 10.0. The van der Waals surface area contributed by atoms with Gasteiger partial charge in [0.2, 0.25) is 7.37 Å². The van der Waals surface area contributed by atoms with Crippen LogP contribution in [0.15, 0.2) is 36.4 Å². The van der Waals surface area contributed by atoms with Crippen molar-refractivity contribution in [3.8, 4) is 5.75 Å². The molecular formula is C21H26FO6P. The zero-order valence-electron chi connectivity index (χ0n) is 16.5. The summed E-state index contributed by atoms with van der Waals surface area (Å²) in [4.78, 5) is 20.8. The number of hydrogen-bond donors (Lipinski definition) is 3. The van der Waals surface area contributed by atoms with Crippen molar-refractivity contribution in [1.82, 2.24) is 0 Å². The molecule has 158 valence electrons. The highest BCUT2D eigenvalue weighted by atomic mass is 31.2. The van der Waals surface area contributed by atoms with Gasteiger partial charge in [-0.15, -0.1) is 0 Å². The van der Waals surface area contributed by atoms with Crippen LogP contribution in [-0.2, 0) is 22.4 Å². The highest BCUT2D eigenvalue weighted by Gasteiger charge is 2.25. The van der Waals surface area contributed by atoms with E-state index < -0.39 is 32.0 Å². The third kappa shape index (κ3) is 7.61. The molecule has 3 N–H and O–H groups in total. The Balaban J connectivity index is 2.10. The first kappa shape index (κ1) is 23.1. The summed E-state index contributed by atoms with van der Waals surface area (Å²) in [5.41, 5.74) is 3.45. The number of ether oxygens (including phenoxy) is 1. The van der Waals surface area contributed by atoms with E-state index in [1.165, 1.54) is 12.1 Å². The fraction of sp³-hybridized carbons (Fsp3) is 0.381. The molecule has 2 aromatic rings. The minimum absolute atomic E-state index is 0.0967. The second-order valence-corrected chi connectivity index (χ2v) is 9.73. The fourth-order valence-corrected chi connectivity index (χ4v) is 4.67. The van der Waals surface area contributed by atoms with Crippen molar-refractivity contribution in [2.75, 3.05) is 12.3 Å². The Labute approximate surface area is 169 Å². The molecule has 2 aromatic carbocycles. The monoisotopic (exact) mass is 424 g/mol. The zero-order chi connectivity index (χ0) is 21.6. The average Bonchev–Trinajstić information content (AvgIpc) is 2.58. The predicted octanol–water partition coefficient (Wildman–Crippen LogP) is 3.67. The topological polar surface area (TPSA) is 104 Å². The molecule has 0 bridgehead atoms. The first-order valence-electron chi connectivity index (χ1n) is 9.24. The Hall–Kier alpha value is -2.21. The molecule has 2 rings (SSSR count). The lowest BCUT2D eigenvalue weighted by Crippen LogP contribution is -2.18. The molecule has 8 heteroatoms. The summed E-state index contributed by atoms with van der Waals surface area (Å²) in [7, 11) is -3.71. The van der Waals surface area contributed by atoms with Crippen LogP contribution >= 0.6 is 7.37 Å². The van der Waals surface area contributed by atoms with Gasteiger partial charge in [0.15, 0.2) is 0 Å². The molecule has 0 aliphatic heterocycles.